The molecule has 14 heavy (non-hydrogen) atoms. The van der Waals surface area contributed by atoms with Crippen LogP contribution in [0.1, 0.15) is 12.1 Å². The van der Waals surface area contributed by atoms with Gasteiger partial charge in [-0.3, -0.25) is 4.68 Å². The maximum Gasteiger partial charge on any atom is 0.0706 e. The summed E-state index contributed by atoms with van der Waals surface area (Å²) in [7, 11) is 1.99. The Bertz CT molecular complexity index is 454. The van der Waals surface area contributed by atoms with Crippen LogP contribution in [-0.4, -0.2) is 9.78 Å². The molecule has 1 aromatic carbocycles. The standard InChI is InChI=1S/C12H14N2/c1-3-4-8-11-10-7-5-6-9-12(10)14(2)13-11/h3,5-7,9H,1,4,8H2,2H3. The quantitative estimate of drug-likeness (QED) is 0.674. The number of aryl methyl sites for hydroxylation is 2. The lowest BCUT2D eigenvalue weighted by atomic mass is 10.1. The van der Waals surface area contributed by atoms with Crippen LogP contribution >= 0.6 is 0 Å². The van der Waals surface area contributed by atoms with Gasteiger partial charge in [-0.1, -0.05) is 24.3 Å². The van der Waals surface area contributed by atoms with E-state index in [0.717, 1.165) is 12.8 Å². The van der Waals surface area contributed by atoms with Gasteiger partial charge in [0, 0.05) is 12.4 Å². The summed E-state index contributed by atoms with van der Waals surface area (Å²) in [5, 5.41) is 5.76. The predicted molar refractivity (Wildman–Crippen MR) is 59.2 cm³/mol. The zero-order valence-corrected chi connectivity index (χ0v) is 8.40. The normalized spacial score (nSPS) is 10.6. The van der Waals surface area contributed by atoms with E-state index in [-0.39, 0.29) is 0 Å². The zero-order chi connectivity index (χ0) is 9.97. The molecule has 0 bridgehead atoms. The topological polar surface area (TPSA) is 17.8 Å². The van der Waals surface area contributed by atoms with E-state index in [1.165, 1.54) is 16.6 Å². The number of aromatic nitrogens is 2. The number of nitrogens with zero attached hydrogens (tertiary/aromatic N) is 2. The molecule has 0 aliphatic carbocycles. The molecule has 2 nitrogen and oxygen atoms in total. The number of para-hydroxylation sites is 1. The van der Waals surface area contributed by atoms with Crippen molar-refractivity contribution in [1.29, 1.82) is 0 Å². The molecule has 0 saturated carbocycles. The molecule has 2 heteroatoms. The third-order valence-corrected chi connectivity index (χ3v) is 2.42. The number of benzene rings is 1. The molecule has 0 atom stereocenters. The van der Waals surface area contributed by atoms with Crippen molar-refractivity contribution >= 4 is 10.9 Å². The summed E-state index contributed by atoms with van der Waals surface area (Å²) in [4.78, 5) is 0. The summed E-state index contributed by atoms with van der Waals surface area (Å²) >= 11 is 0. The molecule has 72 valence electrons. The van der Waals surface area contributed by atoms with Gasteiger partial charge in [-0.15, -0.1) is 6.58 Å². The lowest BCUT2D eigenvalue weighted by molar-refractivity contribution is 0.761. The van der Waals surface area contributed by atoms with Crippen molar-refractivity contribution in [1.82, 2.24) is 9.78 Å². The molecule has 2 aromatic rings. The third kappa shape index (κ3) is 1.43. The van der Waals surface area contributed by atoms with E-state index in [1.54, 1.807) is 0 Å². The molecular weight excluding hydrogens is 172 g/mol. The Hall–Kier alpha value is -1.57. The minimum atomic E-state index is 0.977. The van der Waals surface area contributed by atoms with Crippen molar-refractivity contribution in [2.24, 2.45) is 7.05 Å². The molecule has 1 aromatic heterocycles. The number of hydrogen-bond acceptors (Lipinski definition) is 1. The van der Waals surface area contributed by atoms with Crippen molar-refractivity contribution in [3.05, 3.63) is 42.6 Å². The van der Waals surface area contributed by atoms with Gasteiger partial charge in [0.05, 0.1) is 11.2 Å². The van der Waals surface area contributed by atoms with Gasteiger partial charge in [-0.2, -0.15) is 5.10 Å². The van der Waals surface area contributed by atoms with Crippen LogP contribution in [0.3, 0.4) is 0 Å². The van der Waals surface area contributed by atoms with Gasteiger partial charge < -0.3 is 0 Å². The second-order valence-electron chi connectivity index (χ2n) is 3.41. The molecule has 0 fully saturated rings. The number of rotatable bonds is 3. The fourth-order valence-electron chi connectivity index (χ4n) is 1.71. The van der Waals surface area contributed by atoms with Crippen LogP contribution in [0.25, 0.3) is 10.9 Å². The minimum Gasteiger partial charge on any atom is -0.268 e. The molecule has 0 amide bonds. The Morgan fingerprint density at radius 1 is 1.43 bits per heavy atom. The van der Waals surface area contributed by atoms with Gasteiger partial charge in [0.25, 0.3) is 0 Å². The van der Waals surface area contributed by atoms with Crippen LogP contribution in [-0.2, 0) is 13.5 Å². The summed E-state index contributed by atoms with van der Waals surface area (Å²) in [6, 6.07) is 8.32. The molecule has 0 saturated heterocycles. The molecule has 1 heterocycles. The summed E-state index contributed by atoms with van der Waals surface area (Å²) in [6.07, 6.45) is 3.90. The van der Waals surface area contributed by atoms with Crippen molar-refractivity contribution in [3.8, 4) is 0 Å². The van der Waals surface area contributed by atoms with E-state index in [4.69, 9.17) is 0 Å². The largest absolute Gasteiger partial charge is 0.268 e. The Labute approximate surface area is 83.9 Å². The first kappa shape index (κ1) is 9.00. The first-order valence-corrected chi connectivity index (χ1v) is 4.84. The smallest absolute Gasteiger partial charge is 0.0706 e. The third-order valence-electron chi connectivity index (χ3n) is 2.42. The van der Waals surface area contributed by atoms with Crippen LogP contribution in [0.2, 0.25) is 0 Å². The lowest BCUT2D eigenvalue weighted by Crippen LogP contribution is -1.91. The highest BCUT2D eigenvalue weighted by atomic mass is 15.3. The summed E-state index contributed by atoms with van der Waals surface area (Å²) in [6.45, 7) is 3.73. The predicted octanol–water partition coefficient (Wildman–Crippen LogP) is 2.69. The summed E-state index contributed by atoms with van der Waals surface area (Å²) in [5.41, 5.74) is 2.37. The fourth-order valence-corrected chi connectivity index (χ4v) is 1.71. The average molecular weight is 186 g/mol. The molecule has 0 radical (unpaired) electrons. The maximum atomic E-state index is 4.50. The first-order chi connectivity index (χ1) is 6.83. The van der Waals surface area contributed by atoms with Gasteiger partial charge in [0.1, 0.15) is 0 Å². The van der Waals surface area contributed by atoms with Gasteiger partial charge in [0.2, 0.25) is 0 Å². The van der Waals surface area contributed by atoms with E-state index < -0.39 is 0 Å². The maximum absolute atomic E-state index is 4.50. The molecule has 0 N–H and O–H groups in total. The van der Waals surface area contributed by atoms with Crippen molar-refractivity contribution in [3.63, 3.8) is 0 Å². The molecule has 0 unspecified atom stereocenters. The first-order valence-electron chi connectivity index (χ1n) is 4.84. The monoisotopic (exact) mass is 186 g/mol. The van der Waals surface area contributed by atoms with Crippen molar-refractivity contribution in [2.75, 3.05) is 0 Å². The molecule has 0 spiro atoms. The highest BCUT2D eigenvalue weighted by molar-refractivity contribution is 5.81. The highest BCUT2D eigenvalue weighted by Gasteiger charge is 2.05. The van der Waals surface area contributed by atoms with Gasteiger partial charge in [-0.25, -0.2) is 0 Å². The Balaban J connectivity index is 2.49. The Morgan fingerprint density at radius 3 is 3.00 bits per heavy atom. The number of allylic oxidation sites excluding steroid dienone is 1. The average Bonchev–Trinajstić information content (AvgIpc) is 2.54. The van der Waals surface area contributed by atoms with Crippen molar-refractivity contribution in [2.45, 2.75) is 12.8 Å². The van der Waals surface area contributed by atoms with E-state index in [9.17, 15) is 0 Å². The van der Waals surface area contributed by atoms with Gasteiger partial charge >= 0.3 is 0 Å². The van der Waals surface area contributed by atoms with E-state index in [2.05, 4.69) is 29.9 Å². The van der Waals surface area contributed by atoms with Crippen molar-refractivity contribution < 1.29 is 0 Å². The molecule has 0 aliphatic rings. The van der Waals surface area contributed by atoms with Crippen LogP contribution in [0, 0.1) is 0 Å². The van der Waals surface area contributed by atoms with Crippen LogP contribution in [0.15, 0.2) is 36.9 Å². The molecular formula is C12H14N2. The molecule has 0 aliphatic heterocycles. The summed E-state index contributed by atoms with van der Waals surface area (Å²) in [5.74, 6) is 0. The SMILES string of the molecule is C=CCCc1nn(C)c2ccccc12. The van der Waals surface area contributed by atoms with Crippen LogP contribution in [0.5, 0.6) is 0 Å². The second-order valence-corrected chi connectivity index (χ2v) is 3.41. The minimum absolute atomic E-state index is 0.977. The molecule has 2 rings (SSSR count). The Morgan fingerprint density at radius 2 is 2.21 bits per heavy atom. The highest BCUT2D eigenvalue weighted by Crippen LogP contribution is 2.18. The van der Waals surface area contributed by atoms with Crippen LogP contribution in [0.4, 0.5) is 0 Å². The zero-order valence-electron chi connectivity index (χ0n) is 8.40. The van der Waals surface area contributed by atoms with Gasteiger partial charge in [0.15, 0.2) is 0 Å². The van der Waals surface area contributed by atoms with Crippen LogP contribution < -0.4 is 0 Å². The summed E-state index contributed by atoms with van der Waals surface area (Å²) < 4.78 is 1.94. The fraction of sp³-hybridized carbons (Fsp3) is 0.250. The number of fused-ring (bicyclic) bond motifs is 1. The van der Waals surface area contributed by atoms with E-state index in [1.807, 2.05) is 23.9 Å². The van der Waals surface area contributed by atoms with Gasteiger partial charge in [-0.05, 0) is 18.9 Å². The van der Waals surface area contributed by atoms with E-state index >= 15 is 0 Å². The second kappa shape index (κ2) is 3.66. The Kier molecular flexibility index (Phi) is 2.35. The van der Waals surface area contributed by atoms with E-state index in [0.29, 0.717) is 0 Å². The lowest BCUT2D eigenvalue weighted by Gasteiger charge is -1.92. The number of hydrogen-bond donors (Lipinski definition) is 0.